The highest BCUT2D eigenvalue weighted by Crippen LogP contribution is 2.32. The van der Waals surface area contributed by atoms with E-state index in [1.807, 2.05) is 6.07 Å². The van der Waals surface area contributed by atoms with Crippen molar-refractivity contribution >= 4 is 49.0 Å². The van der Waals surface area contributed by atoms with Crippen LogP contribution in [-0.2, 0) is 0 Å². The van der Waals surface area contributed by atoms with Crippen LogP contribution in [0.1, 0.15) is 16.8 Å². The lowest BCUT2D eigenvalue weighted by Crippen LogP contribution is -2.33. The van der Waals surface area contributed by atoms with Gasteiger partial charge in [-0.3, -0.25) is 9.69 Å². The van der Waals surface area contributed by atoms with Crippen molar-refractivity contribution in [2.75, 3.05) is 39.8 Å². The Hall–Kier alpha value is 0.250. The van der Waals surface area contributed by atoms with Crippen LogP contribution in [0.25, 0.3) is 0 Å². The van der Waals surface area contributed by atoms with Gasteiger partial charge in [0.05, 0.1) is 14.1 Å². The molecule has 6 heteroatoms. The van der Waals surface area contributed by atoms with Crippen LogP contribution in [0.5, 0.6) is 0 Å². The predicted octanol–water partition coefficient (Wildman–Crippen LogP) is 3.09. The summed E-state index contributed by atoms with van der Waals surface area (Å²) in [6, 6.07) is 1.90. The Morgan fingerprint density at radius 3 is 2.78 bits per heavy atom. The summed E-state index contributed by atoms with van der Waals surface area (Å²) in [4.78, 5) is 16.8. The maximum absolute atomic E-state index is 12.2. The Morgan fingerprint density at radius 2 is 2.11 bits per heavy atom. The van der Waals surface area contributed by atoms with E-state index < -0.39 is 0 Å². The summed E-state index contributed by atoms with van der Waals surface area (Å²) in [5.74, 6) is 0.202. The molecule has 1 aliphatic rings. The molecule has 0 aliphatic carbocycles. The van der Waals surface area contributed by atoms with Crippen molar-refractivity contribution < 1.29 is 4.79 Å². The molecule has 2 heterocycles. The van der Waals surface area contributed by atoms with Gasteiger partial charge in [0.1, 0.15) is 0 Å². The first-order valence-corrected chi connectivity index (χ1v) is 8.35. The summed E-state index contributed by atoms with van der Waals surface area (Å²) < 4.78 is 1.92. The second-order valence-electron chi connectivity index (χ2n) is 4.59. The van der Waals surface area contributed by atoms with Crippen molar-refractivity contribution in [3.05, 3.63) is 19.2 Å². The van der Waals surface area contributed by atoms with Gasteiger partial charge in [-0.15, -0.1) is 11.3 Å². The van der Waals surface area contributed by atoms with Gasteiger partial charge in [-0.05, 0) is 64.5 Å². The van der Waals surface area contributed by atoms with Gasteiger partial charge in [0, 0.05) is 18.7 Å². The number of likely N-dealkylation sites (N-methyl/N-ethyl adjacent to an activating group) is 1. The van der Waals surface area contributed by atoms with E-state index in [0.717, 1.165) is 45.7 Å². The smallest absolute Gasteiger partial charge is 0.178 e. The lowest BCUT2D eigenvalue weighted by atomic mass is 10.2. The average molecular weight is 396 g/mol. The van der Waals surface area contributed by atoms with Crippen molar-refractivity contribution in [2.45, 2.75) is 6.42 Å². The molecular weight excluding hydrogens is 380 g/mol. The van der Waals surface area contributed by atoms with Gasteiger partial charge >= 0.3 is 0 Å². The molecule has 0 unspecified atom stereocenters. The van der Waals surface area contributed by atoms with Crippen LogP contribution < -0.4 is 0 Å². The first-order chi connectivity index (χ1) is 8.56. The molecule has 0 bridgehead atoms. The number of Topliss-reactive ketones (excluding diaryl/α,β-unsaturated/α-hetero) is 1. The number of nitrogens with zero attached hydrogens (tertiary/aromatic N) is 2. The Morgan fingerprint density at radius 1 is 1.33 bits per heavy atom. The molecule has 1 aromatic rings. The van der Waals surface area contributed by atoms with E-state index in [9.17, 15) is 4.79 Å². The standard InChI is InChI=1S/C12H16Br2N2OS/c1-15-3-2-4-16(6-5-15)8-10(17)9-7-11(13)18-12(9)14/h7H,2-6,8H2,1H3. The zero-order chi connectivity index (χ0) is 13.1. The summed E-state index contributed by atoms with van der Waals surface area (Å²) in [6.07, 6.45) is 1.14. The fraction of sp³-hybridized carbons (Fsp3) is 0.583. The maximum Gasteiger partial charge on any atom is 0.178 e. The van der Waals surface area contributed by atoms with Crippen molar-refractivity contribution in [3.63, 3.8) is 0 Å². The van der Waals surface area contributed by atoms with Crippen molar-refractivity contribution in [1.82, 2.24) is 9.80 Å². The third-order valence-electron chi connectivity index (χ3n) is 3.14. The largest absolute Gasteiger partial charge is 0.305 e. The molecule has 1 aliphatic heterocycles. The van der Waals surface area contributed by atoms with E-state index >= 15 is 0 Å². The molecule has 1 aromatic heterocycles. The molecule has 2 rings (SSSR count). The van der Waals surface area contributed by atoms with Crippen molar-refractivity contribution in [1.29, 1.82) is 0 Å². The summed E-state index contributed by atoms with van der Waals surface area (Å²) >= 11 is 8.41. The minimum absolute atomic E-state index is 0.202. The number of thiophene rings is 1. The zero-order valence-corrected chi connectivity index (χ0v) is 14.3. The van der Waals surface area contributed by atoms with Crippen LogP contribution in [0, 0.1) is 0 Å². The normalized spacial score (nSPS) is 18.8. The fourth-order valence-corrected chi connectivity index (χ4v) is 4.93. The van der Waals surface area contributed by atoms with E-state index in [2.05, 4.69) is 48.7 Å². The molecule has 3 nitrogen and oxygen atoms in total. The summed E-state index contributed by atoms with van der Waals surface area (Å²) in [5.41, 5.74) is 0.796. The molecule has 0 aromatic carbocycles. The van der Waals surface area contributed by atoms with Gasteiger partial charge in [-0.2, -0.15) is 0 Å². The monoisotopic (exact) mass is 394 g/mol. The lowest BCUT2D eigenvalue weighted by molar-refractivity contribution is 0.0933. The number of carbonyl (C=O) groups excluding carboxylic acids is 1. The number of ketones is 1. The minimum Gasteiger partial charge on any atom is -0.305 e. The summed E-state index contributed by atoms with van der Waals surface area (Å²) in [5, 5.41) is 0. The zero-order valence-electron chi connectivity index (χ0n) is 10.3. The number of hydrogen-bond donors (Lipinski definition) is 0. The van der Waals surface area contributed by atoms with E-state index in [1.165, 1.54) is 0 Å². The van der Waals surface area contributed by atoms with E-state index in [-0.39, 0.29) is 5.78 Å². The van der Waals surface area contributed by atoms with Crippen LogP contribution in [0.4, 0.5) is 0 Å². The second-order valence-corrected chi connectivity index (χ2v) is 8.34. The molecule has 1 saturated heterocycles. The molecule has 18 heavy (non-hydrogen) atoms. The quantitative estimate of drug-likeness (QED) is 0.734. The number of halogens is 2. The van der Waals surface area contributed by atoms with Crippen molar-refractivity contribution in [2.24, 2.45) is 0 Å². The summed E-state index contributed by atoms with van der Waals surface area (Å²) in [6.45, 7) is 4.68. The highest BCUT2D eigenvalue weighted by Gasteiger charge is 2.19. The molecule has 0 radical (unpaired) electrons. The van der Waals surface area contributed by atoms with Crippen LogP contribution >= 0.6 is 43.2 Å². The third-order valence-corrected chi connectivity index (χ3v) is 5.48. The number of carbonyl (C=O) groups is 1. The Balaban J connectivity index is 1.96. The molecule has 0 amide bonds. The third kappa shape index (κ3) is 3.87. The molecule has 1 fully saturated rings. The molecule has 0 N–H and O–H groups in total. The van der Waals surface area contributed by atoms with E-state index in [1.54, 1.807) is 11.3 Å². The SMILES string of the molecule is CN1CCCN(CC(=O)c2cc(Br)sc2Br)CC1. The topological polar surface area (TPSA) is 23.6 Å². The second kappa shape index (κ2) is 6.61. The molecule has 0 spiro atoms. The Kier molecular flexibility index (Phi) is 5.38. The van der Waals surface area contributed by atoms with Gasteiger partial charge in [0.2, 0.25) is 0 Å². The van der Waals surface area contributed by atoms with Gasteiger partial charge in [0.25, 0.3) is 0 Å². The highest BCUT2D eigenvalue weighted by atomic mass is 79.9. The fourth-order valence-electron chi connectivity index (χ4n) is 2.08. The highest BCUT2D eigenvalue weighted by molar-refractivity contribution is 9.12. The van der Waals surface area contributed by atoms with Gasteiger partial charge in [-0.25, -0.2) is 0 Å². The van der Waals surface area contributed by atoms with Crippen LogP contribution in [0.2, 0.25) is 0 Å². The Labute approximate surface area is 128 Å². The molecular formula is C12H16Br2N2OS. The van der Waals surface area contributed by atoms with Gasteiger partial charge < -0.3 is 4.90 Å². The van der Waals surface area contributed by atoms with Crippen LogP contribution in [-0.4, -0.2) is 55.4 Å². The van der Waals surface area contributed by atoms with E-state index in [0.29, 0.717) is 6.54 Å². The minimum atomic E-state index is 0.202. The number of hydrogen-bond acceptors (Lipinski definition) is 4. The summed E-state index contributed by atoms with van der Waals surface area (Å²) in [7, 11) is 2.14. The van der Waals surface area contributed by atoms with Crippen LogP contribution in [0.15, 0.2) is 13.6 Å². The number of rotatable bonds is 3. The first kappa shape index (κ1) is 14.7. The lowest BCUT2D eigenvalue weighted by Gasteiger charge is -2.18. The predicted molar refractivity (Wildman–Crippen MR) is 82.6 cm³/mol. The van der Waals surface area contributed by atoms with E-state index in [4.69, 9.17) is 0 Å². The van der Waals surface area contributed by atoms with Gasteiger partial charge in [-0.1, -0.05) is 0 Å². The Bertz CT molecular complexity index is 436. The first-order valence-electron chi connectivity index (χ1n) is 5.95. The van der Waals surface area contributed by atoms with Gasteiger partial charge in [0.15, 0.2) is 5.78 Å². The average Bonchev–Trinajstić information content (AvgIpc) is 2.51. The van der Waals surface area contributed by atoms with Crippen molar-refractivity contribution in [3.8, 4) is 0 Å². The maximum atomic E-state index is 12.2. The molecule has 0 saturated carbocycles. The molecule has 100 valence electrons. The molecule has 0 atom stereocenters. The van der Waals surface area contributed by atoms with Crippen LogP contribution in [0.3, 0.4) is 0 Å².